The lowest BCUT2D eigenvalue weighted by Gasteiger charge is -2.21. The van der Waals surface area contributed by atoms with Gasteiger partial charge in [-0.2, -0.15) is 4.31 Å². The fraction of sp³-hybridized carbons (Fsp3) is 0.455. The Morgan fingerprint density at radius 1 is 1.40 bits per heavy atom. The molecule has 1 amide bonds. The van der Waals surface area contributed by atoms with Crippen LogP contribution in [-0.4, -0.2) is 42.8 Å². The van der Waals surface area contributed by atoms with Crippen molar-refractivity contribution in [3.63, 3.8) is 0 Å². The van der Waals surface area contributed by atoms with Crippen LogP contribution in [0.25, 0.3) is 0 Å². The molecule has 0 aromatic carbocycles. The van der Waals surface area contributed by atoms with E-state index in [1.807, 2.05) is 0 Å². The number of thiophene rings is 1. The molecule has 0 aliphatic carbocycles. The number of aromatic carboxylic acids is 1. The number of carbonyl (C=O) groups excluding carboxylic acids is 1. The predicted octanol–water partition coefficient (Wildman–Crippen LogP) is 0.578. The van der Waals surface area contributed by atoms with Crippen LogP contribution in [0.3, 0.4) is 0 Å². The summed E-state index contributed by atoms with van der Waals surface area (Å²) in [6.45, 7) is 3.31. The zero-order valence-corrected chi connectivity index (χ0v) is 12.7. The average molecular weight is 320 g/mol. The number of carbonyl (C=O) groups is 2. The van der Waals surface area contributed by atoms with Gasteiger partial charge < -0.3 is 10.8 Å². The number of nitrogens with two attached hydrogens (primary N) is 1. The lowest BCUT2D eigenvalue weighted by molar-refractivity contribution is -0.118. The topological polar surface area (TPSA) is 118 Å². The minimum Gasteiger partial charge on any atom is -0.477 e. The van der Waals surface area contributed by atoms with Gasteiger partial charge in [0.15, 0.2) is 0 Å². The zero-order valence-electron chi connectivity index (χ0n) is 11.1. The highest BCUT2D eigenvalue weighted by Crippen LogP contribution is 2.25. The van der Waals surface area contributed by atoms with Crippen LogP contribution in [0.1, 0.15) is 23.5 Å². The summed E-state index contributed by atoms with van der Waals surface area (Å²) in [4.78, 5) is 21.7. The number of nitrogens with zero attached hydrogens (tertiary/aromatic N) is 1. The highest BCUT2D eigenvalue weighted by Gasteiger charge is 2.28. The maximum Gasteiger partial charge on any atom is 0.345 e. The van der Waals surface area contributed by atoms with Gasteiger partial charge in [0, 0.05) is 6.54 Å². The molecule has 0 saturated heterocycles. The molecule has 7 nitrogen and oxygen atoms in total. The van der Waals surface area contributed by atoms with E-state index in [0.29, 0.717) is 11.3 Å². The lowest BCUT2D eigenvalue weighted by Crippen LogP contribution is -2.40. The van der Waals surface area contributed by atoms with Crippen molar-refractivity contribution < 1.29 is 23.1 Å². The van der Waals surface area contributed by atoms with Gasteiger partial charge in [-0.15, -0.1) is 11.3 Å². The number of hydrogen-bond acceptors (Lipinski definition) is 5. The summed E-state index contributed by atoms with van der Waals surface area (Å²) in [7, 11) is -3.92. The van der Waals surface area contributed by atoms with E-state index in [1.165, 1.54) is 12.1 Å². The number of amides is 1. The largest absolute Gasteiger partial charge is 0.477 e. The third-order valence-electron chi connectivity index (χ3n) is 2.29. The van der Waals surface area contributed by atoms with E-state index in [4.69, 9.17) is 10.8 Å². The number of rotatable bonds is 7. The summed E-state index contributed by atoms with van der Waals surface area (Å²) in [5.41, 5.74) is 5.06. The highest BCUT2D eigenvalue weighted by atomic mass is 32.2. The van der Waals surface area contributed by atoms with Crippen LogP contribution in [-0.2, 0) is 14.8 Å². The molecule has 9 heteroatoms. The van der Waals surface area contributed by atoms with Crippen LogP contribution in [0.2, 0.25) is 0 Å². The molecule has 0 unspecified atom stereocenters. The first kappa shape index (κ1) is 16.6. The SMILES string of the molecule is CC(C)CN(CC(N)=O)S(=O)(=O)c1ccc(C(=O)O)s1. The Labute approximate surface area is 121 Å². The Hall–Kier alpha value is -1.45. The van der Waals surface area contributed by atoms with Gasteiger partial charge in [0.1, 0.15) is 9.09 Å². The first-order chi connectivity index (χ1) is 9.14. The molecule has 3 N–H and O–H groups in total. The fourth-order valence-corrected chi connectivity index (χ4v) is 4.40. The number of hydrogen-bond donors (Lipinski definition) is 2. The van der Waals surface area contributed by atoms with E-state index in [2.05, 4.69) is 0 Å². The van der Waals surface area contributed by atoms with Gasteiger partial charge in [-0.3, -0.25) is 4.79 Å². The Morgan fingerprint density at radius 3 is 2.40 bits per heavy atom. The minimum absolute atomic E-state index is 0.00281. The Bertz CT molecular complexity index is 606. The quantitative estimate of drug-likeness (QED) is 0.762. The van der Waals surface area contributed by atoms with Crippen molar-refractivity contribution in [3.05, 3.63) is 17.0 Å². The summed E-state index contributed by atoms with van der Waals surface area (Å²) in [6, 6.07) is 2.44. The van der Waals surface area contributed by atoms with Crippen LogP contribution >= 0.6 is 11.3 Å². The molecule has 0 bridgehead atoms. The molecular weight excluding hydrogens is 304 g/mol. The first-order valence-electron chi connectivity index (χ1n) is 5.76. The van der Waals surface area contributed by atoms with Crippen LogP contribution in [0, 0.1) is 5.92 Å². The maximum absolute atomic E-state index is 12.4. The van der Waals surface area contributed by atoms with Crippen LogP contribution < -0.4 is 5.73 Å². The Balaban J connectivity index is 3.13. The van der Waals surface area contributed by atoms with E-state index in [0.717, 1.165) is 4.31 Å². The molecule has 0 spiro atoms. The van der Waals surface area contributed by atoms with Crippen molar-refractivity contribution >= 4 is 33.2 Å². The molecule has 112 valence electrons. The first-order valence-corrected chi connectivity index (χ1v) is 8.02. The molecule has 0 saturated carbocycles. The van der Waals surface area contributed by atoms with Crippen LogP contribution in [0.4, 0.5) is 0 Å². The van der Waals surface area contributed by atoms with E-state index >= 15 is 0 Å². The second-order valence-corrected chi connectivity index (χ2v) is 7.83. The fourth-order valence-electron chi connectivity index (χ4n) is 1.53. The molecule has 1 aromatic heterocycles. The molecular formula is C11H16N2O5S2. The molecule has 1 aromatic rings. The summed E-state index contributed by atoms with van der Waals surface area (Å²) in [5, 5.41) is 8.82. The number of sulfonamides is 1. The molecule has 0 radical (unpaired) electrons. The third-order valence-corrected chi connectivity index (χ3v) is 5.64. The van der Waals surface area contributed by atoms with Crippen molar-refractivity contribution in [1.82, 2.24) is 4.31 Å². The standard InChI is InChI=1S/C11H16N2O5S2/c1-7(2)5-13(6-9(12)14)20(17,18)10-4-3-8(19-10)11(15)16/h3-4,7H,5-6H2,1-2H3,(H2,12,14)(H,15,16). The van der Waals surface area contributed by atoms with Crippen molar-refractivity contribution in [2.45, 2.75) is 18.1 Å². The van der Waals surface area contributed by atoms with Gasteiger partial charge in [0.25, 0.3) is 10.0 Å². The summed E-state index contributed by atoms with van der Waals surface area (Å²) in [5.74, 6) is -1.95. The van der Waals surface area contributed by atoms with E-state index in [9.17, 15) is 18.0 Å². The normalized spacial score (nSPS) is 12.0. The molecule has 0 atom stereocenters. The number of primary amides is 1. The number of carboxylic acids is 1. The zero-order chi connectivity index (χ0) is 15.5. The molecule has 20 heavy (non-hydrogen) atoms. The summed E-state index contributed by atoms with van der Waals surface area (Å²) >= 11 is 0.649. The average Bonchev–Trinajstić information content (AvgIpc) is 2.76. The monoisotopic (exact) mass is 320 g/mol. The van der Waals surface area contributed by atoms with Gasteiger partial charge in [-0.25, -0.2) is 13.2 Å². The van der Waals surface area contributed by atoms with E-state index in [-0.39, 0.29) is 21.5 Å². The summed E-state index contributed by atoms with van der Waals surface area (Å²) < 4.78 is 25.6. The maximum atomic E-state index is 12.4. The second kappa shape index (κ2) is 6.33. The van der Waals surface area contributed by atoms with Gasteiger partial charge in [-0.1, -0.05) is 13.8 Å². The highest BCUT2D eigenvalue weighted by molar-refractivity contribution is 7.91. The van der Waals surface area contributed by atoms with Gasteiger partial charge in [0.2, 0.25) is 5.91 Å². The summed E-state index contributed by atoms with van der Waals surface area (Å²) in [6.07, 6.45) is 0. The molecule has 1 rings (SSSR count). The smallest absolute Gasteiger partial charge is 0.345 e. The van der Waals surface area contributed by atoms with Crippen molar-refractivity contribution in [3.8, 4) is 0 Å². The lowest BCUT2D eigenvalue weighted by atomic mass is 10.2. The van der Waals surface area contributed by atoms with Crippen LogP contribution in [0.15, 0.2) is 16.3 Å². The predicted molar refractivity (Wildman–Crippen MR) is 74.1 cm³/mol. The molecule has 1 heterocycles. The molecule has 0 fully saturated rings. The van der Waals surface area contributed by atoms with Gasteiger partial charge in [-0.05, 0) is 18.1 Å². The minimum atomic E-state index is -3.92. The van der Waals surface area contributed by atoms with E-state index in [1.54, 1.807) is 13.8 Å². The second-order valence-electron chi connectivity index (χ2n) is 4.58. The van der Waals surface area contributed by atoms with Crippen molar-refractivity contribution in [2.24, 2.45) is 11.7 Å². The van der Waals surface area contributed by atoms with E-state index < -0.39 is 28.4 Å². The van der Waals surface area contributed by atoms with Gasteiger partial charge >= 0.3 is 5.97 Å². The van der Waals surface area contributed by atoms with Gasteiger partial charge in [0.05, 0.1) is 6.54 Å². The Morgan fingerprint density at radius 2 is 2.00 bits per heavy atom. The van der Waals surface area contributed by atoms with Crippen molar-refractivity contribution in [2.75, 3.05) is 13.1 Å². The molecule has 0 aliphatic rings. The molecule has 0 aliphatic heterocycles. The number of carboxylic acid groups (broad SMARTS) is 1. The Kier molecular flexibility index (Phi) is 5.26. The van der Waals surface area contributed by atoms with Crippen molar-refractivity contribution in [1.29, 1.82) is 0 Å². The van der Waals surface area contributed by atoms with Crippen LogP contribution in [0.5, 0.6) is 0 Å². The third kappa shape index (κ3) is 4.02.